The predicted octanol–water partition coefficient (Wildman–Crippen LogP) is 1.97. The van der Waals surface area contributed by atoms with Crippen molar-refractivity contribution in [2.24, 2.45) is 0 Å². The average Bonchev–Trinajstić information content (AvgIpc) is 2.46. The molecule has 1 atom stereocenters. The van der Waals surface area contributed by atoms with Gasteiger partial charge in [0.2, 0.25) is 0 Å². The molecule has 1 heterocycles. The molecule has 0 aliphatic rings. The standard InChI is InChI=1S/C11H16N2O/c1-5-6-7-12-8(2)11-9(3)13-14-10(11)4/h8,12H,7H2,1-4H3. The third kappa shape index (κ3) is 2.36. The van der Waals surface area contributed by atoms with Gasteiger partial charge in [-0.25, -0.2) is 0 Å². The van der Waals surface area contributed by atoms with Crippen LogP contribution in [0.25, 0.3) is 0 Å². The third-order valence-electron chi connectivity index (χ3n) is 2.20. The zero-order chi connectivity index (χ0) is 10.6. The average molecular weight is 192 g/mol. The topological polar surface area (TPSA) is 38.1 Å². The van der Waals surface area contributed by atoms with Crippen molar-refractivity contribution in [2.75, 3.05) is 6.54 Å². The van der Waals surface area contributed by atoms with Crippen LogP contribution in [-0.4, -0.2) is 11.7 Å². The summed E-state index contributed by atoms with van der Waals surface area (Å²) in [5.41, 5.74) is 2.09. The molecule has 0 radical (unpaired) electrons. The second kappa shape index (κ2) is 4.83. The van der Waals surface area contributed by atoms with Crippen LogP contribution in [0.15, 0.2) is 4.52 Å². The Morgan fingerprint density at radius 1 is 1.50 bits per heavy atom. The SMILES string of the molecule is CC#CCNC(C)c1c(C)noc1C. The molecule has 1 aromatic rings. The number of nitrogens with zero attached hydrogens (tertiary/aromatic N) is 1. The molecule has 0 aromatic carbocycles. The molecular formula is C11H16N2O. The molecule has 1 N–H and O–H groups in total. The van der Waals surface area contributed by atoms with Crippen molar-refractivity contribution < 1.29 is 4.52 Å². The van der Waals surface area contributed by atoms with Gasteiger partial charge in [-0.05, 0) is 27.7 Å². The van der Waals surface area contributed by atoms with E-state index in [1.165, 1.54) is 0 Å². The summed E-state index contributed by atoms with van der Waals surface area (Å²) < 4.78 is 5.10. The molecule has 0 aliphatic heterocycles. The maximum Gasteiger partial charge on any atom is 0.138 e. The van der Waals surface area contributed by atoms with E-state index in [2.05, 4.69) is 29.2 Å². The minimum Gasteiger partial charge on any atom is -0.361 e. The summed E-state index contributed by atoms with van der Waals surface area (Å²) in [6, 6.07) is 0.238. The quantitative estimate of drug-likeness (QED) is 0.744. The minimum absolute atomic E-state index is 0.238. The molecule has 76 valence electrons. The van der Waals surface area contributed by atoms with Crippen molar-refractivity contribution >= 4 is 0 Å². The van der Waals surface area contributed by atoms with Gasteiger partial charge in [-0.3, -0.25) is 5.32 Å². The molecule has 0 amide bonds. The van der Waals surface area contributed by atoms with Gasteiger partial charge in [-0.1, -0.05) is 11.1 Å². The Labute approximate surface area is 84.9 Å². The molecular weight excluding hydrogens is 176 g/mol. The smallest absolute Gasteiger partial charge is 0.138 e. The Balaban J connectivity index is 2.67. The molecule has 0 aliphatic carbocycles. The van der Waals surface area contributed by atoms with Crippen molar-refractivity contribution in [1.29, 1.82) is 0 Å². The third-order valence-corrected chi connectivity index (χ3v) is 2.20. The van der Waals surface area contributed by atoms with E-state index in [0.717, 1.165) is 17.0 Å². The van der Waals surface area contributed by atoms with E-state index in [1.54, 1.807) is 0 Å². The molecule has 3 heteroatoms. The van der Waals surface area contributed by atoms with E-state index in [9.17, 15) is 0 Å². The Morgan fingerprint density at radius 3 is 2.71 bits per heavy atom. The fourth-order valence-corrected chi connectivity index (χ4v) is 1.50. The lowest BCUT2D eigenvalue weighted by Crippen LogP contribution is -2.19. The van der Waals surface area contributed by atoms with E-state index < -0.39 is 0 Å². The largest absolute Gasteiger partial charge is 0.361 e. The highest BCUT2D eigenvalue weighted by Crippen LogP contribution is 2.20. The van der Waals surface area contributed by atoms with E-state index in [-0.39, 0.29) is 6.04 Å². The van der Waals surface area contributed by atoms with Gasteiger partial charge < -0.3 is 4.52 Å². The Bertz CT molecular complexity index is 338. The van der Waals surface area contributed by atoms with Crippen LogP contribution in [0.2, 0.25) is 0 Å². The molecule has 1 rings (SSSR count). The second-order valence-electron chi connectivity index (χ2n) is 3.27. The lowest BCUT2D eigenvalue weighted by atomic mass is 10.1. The van der Waals surface area contributed by atoms with Crippen molar-refractivity contribution in [3.05, 3.63) is 17.0 Å². The van der Waals surface area contributed by atoms with Crippen LogP contribution in [0.1, 0.15) is 36.9 Å². The fourth-order valence-electron chi connectivity index (χ4n) is 1.50. The normalized spacial score (nSPS) is 12.0. The van der Waals surface area contributed by atoms with Crippen molar-refractivity contribution in [2.45, 2.75) is 33.7 Å². The highest BCUT2D eigenvalue weighted by atomic mass is 16.5. The number of aryl methyl sites for hydroxylation is 2. The van der Waals surface area contributed by atoms with E-state index in [1.807, 2.05) is 20.8 Å². The van der Waals surface area contributed by atoms with Gasteiger partial charge in [0.15, 0.2) is 0 Å². The van der Waals surface area contributed by atoms with E-state index >= 15 is 0 Å². The van der Waals surface area contributed by atoms with Crippen LogP contribution >= 0.6 is 0 Å². The zero-order valence-corrected chi connectivity index (χ0v) is 9.14. The predicted molar refractivity (Wildman–Crippen MR) is 55.8 cm³/mol. The summed E-state index contributed by atoms with van der Waals surface area (Å²) in [6.07, 6.45) is 0. The molecule has 3 nitrogen and oxygen atoms in total. The van der Waals surface area contributed by atoms with Gasteiger partial charge in [0.1, 0.15) is 5.76 Å². The maximum atomic E-state index is 5.10. The summed E-state index contributed by atoms with van der Waals surface area (Å²) in [7, 11) is 0. The van der Waals surface area contributed by atoms with Crippen LogP contribution in [0.4, 0.5) is 0 Å². The van der Waals surface area contributed by atoms with Crippen molar-refractivity contribution in [3.8, 4) is 11.8 Å². The highest BCUT2D eigenvalue weighted by Gasteiger charge is 2.14. The van der Waals surface area contributed by atoms with Crippen LogP contribution in [0.3, 0.4) is 0 Å². The van der Waals surface area contributed by atoms with Gasteiger partial charge in [-0.2, -0.15) is 0 Å². The van der Waals surface area contributed by atoms with Gasteiger partial charge in [0, 0.05) is 11.6 Å². The van der Waals surface area contributed by atoms with Crippen molar-refractivity contribution in [1.82, 2.24) is 10.5 Å². The minimum atomic E-state index is 0.238. The molecule has 0 fully saturated rings. The zero-order valence-electron chi connectivity index (χ0n) is 9.14. The molecule has 0 saturated carbocycles. The highest BCUT2D eigenvalue weighted by molar-refractivity contribution is 5.24. The lowest BCUT2D eigenvalue weighted by molar-refractivity contribution is 0.391. The molecule has 0 spiro atoms. The number of nitrogens with one attached hydrogen (secondary N) is 1. The summed E-state index contributed by atoms with van der Waals surface area (Å²) >= 11 is 0. The van der Waals surface area contributed by atoms with Gasteiger partial charge >= 0.3 is 0 Å². The molecule has 1 unspecified atom stereocenters. The van der Waals surface area contributed by atoms with Crippen LogP contribution in [-0.2, 0) is 0 Å². The molecule has 1 aromatic heterocycles. The lowest BCUT2D eigenvalue weighted by Gasteiger charge is -2.10. The number of aromatic nitrogens is 1. The molecule has 14 heavy (non-hydrogen) atoms. The molecule has 0 saturated heterocycles. The van der Waals surface area contributed by atoms with Crippen molar-refractivity contribution in [3.63, 3.8) is 0 Å². The summed E-state index contributed by atoms with van der Waals surface area (Å²) in [4.78, 5) is 0. The Kier molecular flexibility index (Phi) is 3.73. The Morgan fingerprint density at radius 2 is 2.21 bits per heavy atom. The molecule has 0 bridgehead atoms. The van der Waals surface area contributed by atoms with E-state index in [0.29, 0.717) is 6.54 Å². The monoisotopic (exact) mass is 192 g/mol. The first kappa shape index (κ1) is 10.8. The number of hydrogen-bond acceptors (Lipinski definition) is 3. The Hall–Kier alpha value is -1.27. The first-order valence-corrected chi connectivity index (χ1v) is 4.72. The van der Waals surface area contributed by atoms with Crippen LogP contribution < -0.4 is 5.32 Å². The summed E-state index contributed by atoms with van der Waals surface area (Å²) in [5, 5.41) is 7.21. The van der Waals surface area contributed by atoms with E-state index in [4.69, 9.17) is 4.52 Å². The fraction of sp³-hybridized carbons (Fsp3) is 0.545. The summed E-state index contributed by atoms with van der Waals surface area (Å²) in [6.45, 7) is 8.50. The van der Waals surface area contributed by atoms with Gasteiger partial charge in [0.25, 0.3) is 0 Å². The van der Waals surface area contributed by atoms with Gasteiger partial charge in [0.05, 0.1) is 12.2 Å². The first-order chi connectivity index (χ1) is 6.66. The number of rotatable bonds is 3. The first-order valence-electron chi connectivity index (χ1n) is 4.72. The summed E-state index contributed by atoms with van der Waals surface area (Å²) in [5.74, 6) is 6.70. The maximum absolute atomic E-state index is 5.10. The van der Waals surface area contributed by atoms with Crippen LogP contribution in [0, 0.1) is 25.7 Å². The van der Waals surface area contributed by atoms with Crippen LogP contribution in [0.5, 0.6) is 0 Å². The van der Waals surface area contributed by atoms with Gasteiger partial charge in [-0.15, -0.1) is 5.92 Å². The second-order valence-corrected chi connectivity index (χ2v) is 3.27. The number of hydrogen-bond donors (Lipinski definition) is 1.